The van der Waals surface area contributed by atoms with Gasteiger partial charge in [0.15, 0.2) is 0 Å². The molecule has 8 nitrogen and oxygen atoms in total. The molecular formula is C19H28N4O4. The van der Waals surface area contributed by atoms with Crippen LogP contribution in [0, 0.1) is 16.0 Å². The largest absolute Gasteiger partial charge is 0.377 e. The second-order valence-electron chi connectivity index (χ2n) is 7.76. The van der Waals surface area contributed by atoms with Crippen molar-refractivity contribution in [2.24, 2.45) is 5.92 Å². The standard InChI is InChI=1S/C19H28N4O4/c1-13(2)11-22-7-8-27-16(12-22)10-20-19(24)14-3-6-17(21-15-4-5-15)18(9-14)23(25)26/h3,6,9,13,15-16,21H,4-5,7-8,10-12H2,1-2H3,(H,20,24). The number of nitro benzene ring substituents is 1. The number of carbonyl (C=O) groups excluding carboxylic acids is 1. The SMILES string of the molecule is CC(C)CN1CCOC(CNC(=O)c2ccc(NC3CC3)c([N+](=O)[O-])c2)C1. The quantitative estimate of drug-likeness (QED) is 0.534. The Morgan fingerprint density at radius 2 is 2.19 bits per heavy atom. The fourth-order valence-corrected chi connectivity index (χ4v) is 3.29. The van der Waals surface area contributed by atoms with Crippen molar-refractivity contribution in [3.05, 3.63) is 33.9 Å². The van der Waals surface area contributed by atoms with Gasteiger partial charge in [-0.3, -0.25) is 19.8 Å². The highest BCUT2D eigenvalue weighted by Gasteiger charge is 2.26. The average Bonchev–Trinajstić information content (AvgIpc) is 3.43. The summed E-state index contributed by atoms with van der Waals surface area (Å²) >= 11 is 0. The van der Waals surface area contributed by atoms with E-state index in [1.807, 2.05) is 0 Å². The van der Waals surface area contributed by atoms with Gasteiger partial charge < -0.3 is 15.4 Å². The number of nitro groups is 1. The van der Waals surface area contributed by atoms with E-state index in [2.05, 4.69) is 29.4 Å². The lowest BCUT2D eigenvalue weighted by molar-refractivity contribution is -0.384. The Hall–Kier alpha value is -2.19. The fraction of sp³-hybridized carbons (Fsp3) is 0.632. The molecule has 1 aromatic rings. The van der Waals surface area contributed by atoms with Gasteiger partial charge >= 0.3 is 0 Å². The number of carbonyl (C=O) groups is 1. The third-order valence-electron chi connectivity index (χ3n) is 4.73. The Morgan fingerprint density at radius 1 is 1.41 bits per heavy atom. The zero-order chi connectivity index (χ0) is 19.4. The van der Waals surface area contributed by atoms with Crippen molar-refractivity contribution < 1.29 is 14.5 Å². The van der Waals surface area contributed by atoms with Crippen molar-refractivity contribution in [3.63, 3.8) is 0 Å². The van der Waals surface area contributed by atoms with Crippen LogP contribution in [0.1, 0.15) is 37.0 Å². The summed E-state index contributed by atoms with van der Waals surface area (Å²) in [4.78, 5) is 25.7. The third-order valence-corrected chi connectivity index (χ3v) is 4.73. The number of hydrogen-bond donors (Lipinski definition) is 2. The zero-order valence-corrected chi connectivity index (χ0v) is 15.9. The molecule has 1 aliphatic heterocycles. The molecule has 0 aromatic heterocycles. The van der Waals surface area contributed by atoms with Gasteiger partial charge in [0.2, 0.25) is 0 Å². The number of morpholine rings is 1. The predicted octanol–water partition coefficient (Wildman–Crippen LogP) is 2.26. The summed E-state index contributed by atoms with van der Waals surface area (Å²) in [6.07, 6.45) is 1.98. The second-order valence-corrected chi connectivity index (χ2v) is 7.76. The lowest BCUT2D eigenvalue weighted by atomic mass is 10.1. The van der Waals surface area contributed by atoms with Crippen LogP contribution in [0.5, 0.6) is 0 Å². The van der Waals surface area contributed by atoms with Crippen LogP contribution in [-0.2, 0) is 4.74 Å². The van der Waals surface area contributed by atoms with Crippen LogP contribution in [0.4, 0.5) is 11.4 Å². The predicted molar refractivity (Wildman–Crippen MR) is 103 cm³/mol. The summed E-state index contributed by atoms with van der Waals surface area (Å²) in [7, 11) is 0. The summed E-state index contributed by atoms with van der Waals surface area (Å²) in [6, 6.07) is 4.89. The third kappa shape index (κ3) is 5.64. The molecule has 0 bridgehead atoms. The molecule has 1 unspecified atom stereocenters. The van der Waals surface area contributed by atoms with Gasteiger partial charge in [-0.05, 0) is 30.9 Å². The van der Waals surface area contributed by atoms with Gasteiger partial charge in [0.05, 0.1) is 17.6 Å². The Morgan fingerprint density at radius 3 is 2.85 bits per heavy atom. The van der Waals surface area contributed by atoms with Crippen LogP contribution < -0.4 is 10.6 Å². The highest BCUT2D eigenvalue weighted by molar-refractivity contribution is 5.95. The molecule has 0 spiro atoms. The number of nitrogens with one attached hydrogen (secondary N) is 2. The lowest BCUT2D eigenvalue weighted by Gasteiger charge is -2.33. The lowest BCUT2D eigenvalue weighted by Crippen LogP contribution is -2.48. The summed E-state index contributed by atoms with van der Waals surface area (Å²) < 4.78 is 5.73. The molecule has 3 rings (SSSR count). The van der Waals surface area contributed by atoms with E-state index in [1.165, 1.54) is 6.07 Å². The number of amides is 1. The first-order valence-electron chi connectivity index (χ1n) is 9.59. The number of hydrogen-bond acceptors (Lipinski definition) is 6. The van der Waals surface area contributed by atoms with Gasteiger partial charge in [0.1, 0.15) is 5.69 Å². The molecule has 27 heavy (non-hydrogen) atoms. The maximum absolute atomic E-state index is 12.4. The molecule has 1 atom stereocenters. The van der Waals surface area contributed by atoms with E-state index in [0.717, 1.165) is 32.5 Å². The highest BCUT2D eigenvalue weighted by Crippen LogP contribution is 2.31. The minimum Gasteiger partial charge on any atom is -0.377 e. The van der Waals surface area contributed by atoms with Crippen LogP contribution >= 0.6 is 0 Å². The maximum Gasteiger partial charge on any atom is 0.293 e. The molecule has 1 saturated heterocycles. The van der Waals surface area contributed by atoms with E-state index in [4.69, 9.17) is 4.74 Å². The Bertz CT molecular complexity index is 690. The number of ether oxygens (including phenoxy) is 1. The van der Waals surface area contributed by atoms with E-state index < -0.39 is 4.92 Å². The first kappa shape index (κ1) is 19.6. The second kappa shape index (κ2) is 8.67. The van der Waals surface area contributed by atoms with Crippen LogP contribution in [0.2, 0.25) is 0 Å². The van der Waals surface area contributed by atoms with Gasteiger partial charge in [-0.25, -0.2) is 0 Å². The number of benzene rings is 1. The Balaban J connectivity index is 1.57. The number of anilines is 1. The molecule has 0 radical (unpaired) electrons. The van der Waals surface area contributed by atoms with Gasteiger partial charge in [-0.15, -0.1) is 0 Å². The molecular weight excluding hydrogens is 348 g/mol. The highest BCUT2D eigenvalue weighted by atomic mass is 16.6. The first-order chi connectivity index (χ1) is 12.9. The maximum atomic E-state index is 12.4. The van der Waals surface area contributed by atoms with Crippen molar-refractivity contribution in [3.8, 4) is 0 Å². The first-order valence-corrected chi connectivity index (χ1v) is 9.59. The van der Waals surface area contributed by atoms with Crippen molar-refractivity contribution in [1.29, 1.82) is 0 Å². The van der Waals surface area contributed by atoms with Crippen molar-refractivity contribution in [2.45, 2.75) is 38.8 Å². The van der Waals surface area contributed by atoms with E-state index >= 15 is 0 Å². The molecule has 2 fully saturated rings. The van der Waals surface area contributed by atoms with Gasteiger partial charge in [0, 0.05) is 43.9 Å². The van der Waals surface area contributed by atoms with Crippen LogP contribution in [0.25, 0.3) is 0 Å². The molecule has 2 N–H and O–H groups in total. The Kier molecular flexibility index (Phi) is 6.28. The van der Waals surface area contributed by atoms with E-state index in [1.54, 1.807) is 12.1 Å². The van der Waals surface area contributed by atoms with Crippen molar-refractivity contribution in [1.82, 2.24) is 10.2 Å². The smallest absolute Gasteiger partial charge is 0.293 e. The average molecular weight is 376 g/mol. The number of nitrogens with zero attached hydrogens (tertiary/aromatic N) is 2. The molecule has 2 aliphatic rings. The molecule has 148 valence electrons. The summed E-state index contributed by atoms with van der Waals surface area (Å²) in [5, 5.41) is 17.3. The molecule has 8 heteroatoms. The van der Waals surface area contributed by atoms with E-state index in [-0.39, 0.29) is 23.3 Å². The summed E-state index contributed by atoms with van der Waals surface area (Å²) in [6.45, 7) is 8.11. The monoisotopic (exact) mass is 376 g/mol. The molecule has 1 saturated carbocycles. The molecule has 1 aromatic carbocycles. The van der Waals surface area contributed by atoms with Crippen molar-refractivity contribution in [2.75, 3.05) is 38.1 Å². The van der Waals surface area contributed by atoms with E-state index in [0.29, 0.717) is 30.8 Å². The molecule has 1 aliphatic carbocycles. The van der Waals surface area contributed by atoms with Gasteiger partial charge in [-0.2, -0.15) is 0 Å². The topological polar surface area (TPSA) is 96.7 Å². The minimum atomic E-state index is -0.449. The normalized spacial score (nSPS) is 20.5. The van der Waals surface area contributed by atoms with Gasteiger partial charge in [0.25, 0.3) is 11.6 Å². The fourth-order valence-electron chi connectivity index (χ4n) is 3.29. The molecule has 1 heterocycles. The Labute approximate surface area is 159 Å². The molecule has 1 amide bonds. The minimum absolute atomic E-state index is 0.0627. The van der Waals surface area contributed by atoms with Crippen molar-refractivity contribution >= 4 is 17.3 Å². The van der Waals surface area contributed by atoms with Crippen LogP contribution in [0.15, 0.2) is 18.2 Å². The van der Waals surface area contributed by atoms with Gasteiger partial charge in [-0.1, -0.05) is 13.8 Å². The van der Waals surface area contributed by atoms with Crippen LogP contribution in [-0.4, -0.2) is 60.7 Å². The van der Waals surface area contributed by atoms with Crippen LogP contribution in [0.3, 0.4) is 0 Å². The van der Waals surface area contributed by atoms with E-state index in [9.17, 15) is 14.9 Å². The zero-order valence-electron chi connectivity index (χ0n) is 15.9. The summed E-state index contributed by atoms with van der Waals surface area (Å²) in [5.74, 6) is 0.266. The number of rotatable bonds is 8. The summed E-state index contributed by atoms with van der Waals surface area (Å²) in [5.41, 5.74) is 0.698.